The number of hydrogen-bond acceptors (Lipinski definition) is 3. The predicted molar refractivity (Wildman–Crippen MR) is 88.3 cm³/mol. The van der Waals surface area contributed by atoms with Gasteiger partial charge in [-0.15, -0.1) is 0 Å². The number of hydrogen-bond donors (Lipinski definition) is 1. The normalized spacial score (nSPS) is 19.4. The van der Waals surface area contributed by atoms with Crippen molar-refractivity contribution in [2.45, 2.75) is 45.9 Å². The first kappa shape index (κ1) is 16.5. The van der Waals surface area contributed by atoms with Gasteiger partial charge in [0, 0.05) is 26.2 Å². The van der Waals surface area contributed by atoms with Crippen molar-refractivity contribution in [1.29, 1.82) is 0 Å². The van der Waals surface area contributed by atoms with Crippen molar-refractivity contribution in [3.8, 4) is 0 Å². The number of piperidine rings is 1. The molecular weight excluding hydrogens is 260 g/mol. The summed E-state index contributed by atoms with van der Waals surface area (Å²) >= 11 is 0. The molecule has 0 spiro atoms. The topological polar surface area (TPSA) is 24.5 Å². The van der Waals surface area contributed by atoms with Gasteiger partial charge >= 0.3 is 0 Å². The van der Waals surface area contributed by atoms with Crippen LogP contribution in [0.2, 0.25) is 0 Å². The van der Waals surface area contributed by atoms with Gasteiger partial charge in [0.15, 0.2) is 0 Å². The Morgan fingerprint density at radius 3 is 2.67 bits per heavy atom. The summed E-state index contributed by atoms with van der Waals surface area (Å²) in [6, 6.07) is 9.22. The smallest absolute Gasteiger partial charge is 0.0716 e. The standard InChI is InChI=1S/C18H30N2O/c1-15(2)20(12-16-7-6-10-19-11-16)13-17-8-4-5-9-18(17)14-21-3/h4-5,8-9,15-16,19H,6-7,10-14H2,1-3H3. The molecule has 1 aromatic rings. The Balaban J connectivity index is 2.01. The monoisotopic (exact) mass is 290 g/mol. The van der Waals surface area contributed by atoms with Crippen molar-refractivity contribution in [3.63, 3.8) is 0 Å². The number of nitrogens with zero attached hydrogens (tertiary/aromatic N) is 1. The fourth-order valence-corrected chi connectivity index (χ4v) is 3.10. The van der Waals surface area contributed by atoms with Crippen molar-refractivity contribution < 1.29 is 4.74 Å². The number of methoxy groups -OCH3 is 1. The molecule has 0 radical (unpaired) electrons. The Bertz CT molecular complexity index is 413. The summed E-state index contributed by atoms with van der Waals surface area (Å²) in [6.07, 6.45) is 2.67. The Morgan fingerprint density at radius 2 is 2.05 bits per heavy atom. The third-order valence-corrected chi connectivity index (χ3v) is 4.41. The quantitative estimate of drug-likeness (QED) is 0.835. The van der Waals surface area contributed by atoms with Crippen molar-refractivity contribution in [3.05, 3.63) is 35.4 Å². The minimum Gasteiger partial charge on any atom is -0.380 e. The lowest BCUT2D eigenvalue weighted by molar-refractivity contribution is 0.158. The molecule has 1 heterocycles. The van der Waals surface area contributed by atoms with Crippen molar-refractivity contribution in [1.82, 2.24) is 10.2 Å². The third kappa shape index (κ3) is 5.10. The molecule has 118 valence electrons. The van der Waals surface area contributed by atoms with Gasteiger partial charge in [-0.25, -0.2) is 0 Å². The van der Waals surface area contributed by atoms with E-state index in [9.17, 15) is 0 Å². The van der Waals surface area contributed by atoms with Gasteiger partial charge in [-0.2, -0.15) is 0 Å². The van der Waals surface area contributed by atoms with E-state index >= 15 is 0 Å². The average Bonchev–Trinajstić information content (AvgIpc) is 2.49. The summed E-state index contributed by atoms with van der Waals surface area (Å²) in [7, 11) is 1.77. The molecule has 1 N–H and O–H groups in total. The Labute approximate surface area is 129 Å². The molecule has 1 unspecified atom stereocenters. The lowest BCUT2D eigenvalue weighted by Gasteiger charge is -2.33. The van der Waals surface area contributed by atoms with E-state index < -0.39 is 0 Å². The Morgan fingerprint density at radius 1 is 1.29 bits per heavy atom. The molecule has 1 aliphatic heterocycles. The van der Waals surface area contributed by atoms with Gasteiger partial charge in [0.1, 0.15) is 0 Å². The first-order valence-electron chi connectivity index (χ1n) is 8.21. The van der Waals surface area contributed by atoms with Gasteiger partial charge in [0.2, 0.25) is 0 Å². The molecule has 3 nitrogen and oxygen atoms in total. The van der Waals surface area contributed by atoms with Crippen LogP contribution in [0, 0.1) is 5.92 Å². The fraction of sp³-hybridized carbons (Fsp3) is 0.667. The molecule has 21 heavy (non-hydrogen) atoms. The molecular formula is C18H30N2O. The molecule has 1 saturated heterocycles. The number of rotatable bonds is 7. The van der Waals surface area contributed by atoms with Crippen LogP contribution in [0.1, 0.15) is 37.8 Å². The van der Waals surface area contributed by atoms with Crippen molar-refractivity contribution in [2.24, 2.45) is 5.92 Å². The van der Waals surface area contributed by atoms with Crippen LogP contribution < -0.4 is 5.32 Å². The van der Waals surface area contributed by atoms with Gasteiger partial charge in [0.25, 0.3) is 0 Å². The molecule has 0 aromatic heterocycles. The molecule has 0 aliphatic carbocycles. The highest BCUT2D eigenvalue weighted by atomic mass is 16.5. The maximum absolute atomic E-state index is 5.33. The zero-order valence-electron chi connectivity index (χ0n) is 13.8. The number of benzene rings is 1. The van der Waals surface area contributed by atoms with Gasteiger partial charge in [-0.1, -0.05) is 24.3 Å². The van der Waals surface area contributed by atoms with Crippen LogP contribution in [-0.2, 0) is 17.9 Å². The van der Waals surface area contributed by atoms with E-state index in [4.69, 9.17) is 4.74 Å². The van der Waals surface area contributed by atoms with Gasteiger partial charge in [0.05, 0.1) is 6.61 Å². The first-order chi connectivity index (χ1) is 10.2. The van der Waals surface area contributed by atoms with Crippen molar-refractivity contribution >= 4 is 0 Å². The van der Waals surface area contributed by atoms with Gasteiger partial charge in [-0.3, -0.25) is 4.90 Å². The Kier molecular flexibility index (Phi) is 6.68. The van der Waals surface area contributed by atoms with E-state index in [2.05, 4.69) is 48.3 Å². The molecule has 3 heteroatoms. The summed E-state index contributed by atoms with van der Waals surface area (Å²) in [5.41, 5.74) is 2.71. The highest BCUT2D eigenvalue weighted by Crippen LogP contribution is 2.18. The zero-order valence-corrected chi connectivity index (χ0v) is 13.8. The number of ether oxygens (including phenoxy) is 1. The largest absolute Gasteiger partial charge is 0.380 e. The van der Waals surface area contributed by atoms with E-state index in [1.807, 2.05) is 0 Å². The van der Waals surface area contributed by atoms with Gasteiger partial charge < -0.3 is 10.1 Å². The summed E-state index contributed by atoms with van der Waals surface area (Å²) in [5.74, 6) is 0.788. The van der Waals surface area contributed by atoms with E-state index in [1.165, 1.54) is 43.6 Å². The maximum Gasteiger partial charge on any atom is 0.0716 e. The van der Waals surface area contributed by atoms with Crippen LogP contribution in [0.25, 0.3) is 0 Å². The van der Waals surface area contributed by atoms with Crippen LogP contribution in [0.3, 0.4) is 0 Å². The van der Waals surface area contributed by atoms with E-state index in [0.717, 1.165) is 12.5 Å². The summed E-state index contributed by atoms with van der Waals surface area (Å²) in [5, 5.41) is 3.53. The maximum atomic E-state index is 5.33. The van der Waals surface area contributed by atoms with Crippen LogP contribution >= 0.6 is 0 Å². The molecule has 0 amide bonds. The zero-order chi connectivity index (χ0) is 15.1. The Hall–Kier alpha value is -0.900. The summed E-state index contributed by atoms with van der Waals surface area (Å²) in [4.78, 5) is 2.60. The molecule has 1 fully saturated rings. The van der Waals surface area contributed by atoms with E-state index in [1.54, 1.807) is 7.11 Å². The molecule has 1 atom stereocenters. The second-order valence-corrected chi connectivity index (χ2v) is 6.44. The second kappa shape index (κ2) is 8.52. The van der Waals surface area contributed by atoms with Crippen LogP contribution in [-0.4, -0.2) is 37.7 Å². The molecule has 1 aromatic carbocycles. The van der Waals surface area contributed by atoms with E-state index in [-0.39, 0.29) is 0 Å². The lowest BCUT2D eigenvalue weighted by Crippen LogP contribution is -2.40. The lowest BCUT2D eigenvalue weighted by atomic mass is 9.98. The molecule has 0 bridgehead atoms. The first-order valence-corrected chi connectivity index (χ1v) is 8.21. The minimum atomic E-state index is 0.572. The molecule has 2 rings (SSSR count). The average molecular weight is 290 g/mol. The fourth-order valence-electron chi connectivity index (χ4n) is 3.10. The van der Waals surface area contributed by atoms with Crippen molar-refractivity contribution in [2.75, 3.05) is 26.7 Å². The minimum absolute atomic E-state index is 0.572. The third-order valence-electron chi connectivity index (χ3n) is 4.41. The van der Waals surface area contributed by atoms with Crippen LogP contribution in [0.15, 0.2) is 24.3 Å². The van der Waals surface area contributed by atoms with Crippen LogP contribution in [0.5, 0.6) is 0 Å². The molecule has 1 aliphatic rings. The summed E-state index contributed by atoms with van der Waals surface area (Å²) < 4.78 is 5.33. The second-order valence-electron chi connectivity index (χ2n) is 6.44. The van der Waals surface area contributed by atoms with Crippen LogP contribution in [0.4, 0.5) is 0 Å². The van der Waals surface area contributed by atoms with Gasteiger partial charge in [-0.05, 0) is 56.8 Å². The SMILES string of the molecule is COCc1ccccc1CN(CC1CCCNC1)C(C)C. The summed E-state index contributed by atoms with van der Waals surface area (Å²) in [6.45, 7) is 9.87. The highest BCUT2D eigenvalue weighted by molar-refractivity contribution is 5.26. The molecule has 0 saturated carbocycles. The highest BCUT2D eigenvalue weighted by Gasteiger charge is 2.19. The van der Waals surface area contributed by atoms with E-state index in [0.29, 0.717) is 12.6 Å². The number of nitrogens with one attached hydrogen (secondary N) is 1. The predicted octanol–water partition coefficient (Wildman–Crippen LogP) is 3.04.